The van der Waals surface area contributed by atoms with Crippen LogP contribution in [0.3, 0.4) is 0 Å². The number of H-pyrrole nitrogens is 1. The van der Waals surface area contributed by atoms with E-state index in [9.17, 15) is 0 Å². The second-order valence-electron chi connectivity index (χ2n) is 9.73. The number of hydrogen-bond donors (Lipinski definition) is 1. The van der Waals surface area contributed by atoms with Gasteiger partial charge < -0.3 is 14.6 Å². The number of aromatic nitrogens is 2. The van der Waals surface area contributed by atoms with E-state index in [1.807, 2.05) is 12.4 Å². The number of fused-ring (bicyclic) bond motifs is 7. The van der Waals surface area contributed by atoms with Crippen LogP contribution in [0.1, 0.15) is 51.5 Å². The number of pyridine rings is 1. The first-order chi connectivity index (χ1) is 13.7. The quantitative estimate of drug-likeness (QED) is 0.777. The van der Waals surface area contributed by atoms with E-state index in [-0.39, 0.29) is 7.05 Å². The maximum absolute atomic E-state index is 6.16. The monoisotopic (exact) mass is 376 g/mol. The summed E-state index contributed by atoms with van der Waals surface area (Å²) in [5, 5.41) is 6.52. The lowest BCUT2D eigenvalue weighted by Gasteiger charge is -2.48. The number of nitrogens with zero attached hydrogens (tertiary/aromatic N) is 3. The van der Waals surface area contributed by atoms with Gasteiger partial charge in [-0.15, -0.1) is 0 Å². The van der Waals surface area contributed by atoms with Crippen molar-refractivity contribution in [2.24, 2.45) is 34.7 Å². The van der Waals surface area contributed by atoms with Crippen LogP contribution in [-0.2, 0) is 4.65 Å². The first-order valence-corrected chi connectivity index (χ1v) is 11.1. The van der Waals surface area contributed by atoms with Crippen LogP contribution in [0.5, 0.6) is 0 Å². The third-order valence-corrected chi connectivity index (χ3v) is 7.67. The largest absolute Gasteiger partial charge is 0.471 e. The molecule has 2 bridgehead atoms. The average molecular weight is 376 g/mol. The molecule has 1 saturated heterocycles. The van der Waals surface area contributed by atoms with Gasteiger partial charge in [-0.3, -0.25) is 0 Å². The molecule has 0 spiro atoms. The Labute approximate surface area is 167 Å². The van der Waals surface area contributed by atoms with Crippen molar-refractivity contribution in [2.75, 3.05) is 13.2 Å². The molecule has 2 aromatic rings. The van der Waals surface area contributed by atoms with Gasteiger partial charge in [0.1, 0.15) is 5.65 Å². The topological polar surface area (TPSA) is 53.5 Å². The predicted molar refractivity (Wildman–Crippen MR) is 113 cm³/mol. The summed E-state index contributed by atoms with van der Waals surface area (Å²) >= 11 is 0. The fourth-order valence-corrected chi connectivity index (χ4v) is 6.81. The molecule has 0 aromatic carbocycles. The van der Waals surface area contributed by atoms with Crippen molar-refractivity contribution in [2.45, 2.75) is 46.0 Å². The second kappa shape index (κ2) is 6.34. The summed E-state index contributed by atoms with van der Waals surface area (Å²) in [6.45, 7) is 6.70. The van der Waals surface area contributed by atoms with E-state index in [2.05, 4.69) is 29.8 Å². The SMILES string of the molecule is CC1CC2CC(C)C(C3=NN4CCCOB4c4cnc5[nH]ccc5c43)C(C1)C2. The van der Waals surface area contributed by atoms with Crippen molar-refractivity contribution in [1.82, 2.24) is 14.9 Å². The Hall–Kier alpha value is -1.82. The predicted octanol–water partition coefficient (Wildman–Crippen LogP) is 3.41. The number of hydrazone groups is 1. The Morgan fingerprint density at radius 2 is 2.14 bits per heavy atom. The van der Waals surface area contributed by atoms with Gasteiger partial charge in [0, 0.05) is 47.9 Å². The highest BCUT2D eigenvalue weighted by Crippen LogP contribution is 2.49. The summed E-state index contributed by atoms with van der Waals surface area (Å²) in [4.78, 5) is 10.2. The van der Waals surface area contributed by atoms with Crippen LogP contribution >= 0.6 is 0 Å². The van der Waals surface area contributed by atoms with Gasteiger partial charge >= 0.3 is 7.05 Å². The van der Waals surface area contributed by atoms with E-state index >= 15 is 0 Å². The van der Waals surface area contributed by atoms with Crippen molar-refractivity contribution >= 4 is 29.3 Å². The van der Waals surface area contributed by atoms with Gasteiger partial charge in [-0.05, 0) is 61.8 Å². The average Bonchev–Trinajstić information content (AvgIpc) is 3.16. The van der Waals surface area contributed by atoms with Crippen molar-refractivity contribution in [1.29, 1.82) is 0 Å². The molecule has 146 valence electrons. The molecule has 2 saturated carbocycles. The summed E-state index contributed by atoms with van der Waals surface area (Å²) < 4.78 is 6.16. The molecule has 4 heterocycles. The molecule has 5 unspecified atom stereocenters. The molecule has 0 radical (unpaired) electrons. The van der Waals surface area contributed by atoms with E-state index in [4.69, 9.17) is 14.7 Å². The van der Waals surface area contributed by atoms with Gasteiger partial charge in [-0.25, -0.2) is 4.98 Å². The molecule has 28 heavy (non-hydrogen) atoms. The molecule has 5 atom stereocenters. The van der Waals surface area contributed by atoms with Crippen molar-refractivity contribution in [3.05, 3.63) is 24.0 Å². The lowest BCUT2D eigenvalue weighted by Crippen LogP contribution is -2.58. The molecular weight excluding hydrogens is 347 g/mol. The summed E-state index contributed by atoms with van der Waals surface area (Å²) in [6, 6.07) is 2.18. The smallest absolute Gasteiger partial charge is 0.412 e. The van der Waals surface area contributed by atoms with Crippen LogP contribution < -0.4 is 5.46 Å². The van der Waals surface area contributed by atoms with Gasteiger partial charge in [-0.1, -0.05) is 13.8 Å². The Morgan fingerprint density at radius 1 is 1.21 bits per heavy atom. The molecule has 1 N–H and O–H groups in total. The fraction of sp³-hybridized carbons (Fsp3) is 0.636. The van der Waals surface area contributed by atoms with E-state index < -0.39 is 0 Å². The third kappa shape index (κ3) is 2.49. The van der Waals surface area contributed by atoms with Crippen LogP contribution in [0.4, 0.5) is 0 Å². The first kappa shape index (κ1) is 17.1. The van der Waals surface area contributed by atoms with Crippen molar-refractivity contribution in [3.63, 3.8) is 0 Å². The van der Waals surface area contributed by atoms with Gasteiger partial charge in [0.15, 0.2) is 0 Å². The molecule has 0 amide bonds. The number of rotatable bonds is 1. The first-order valence-electron chi connectivity index (χ1n) is 11.1. The van der Waals surface area contributed by atoms with Gasteiger partial charge in [-0.2, -0.15) is 5.10 Å². The third-order valence-electron chi connectivity index (χ3n) is 7.67. The number of nitrogens with one attached hydrogen (secondary N) is 1. The lowest BCUT2D eigenvalue weighted by molar-refractivity contribution is 0.0791. The van der Waals surface area contributed by atoms with E-state index in [1.165, 1.54) is 47.8 Å². The van der Waals surface area contributed by atoms with E-state index in [1.54, 1.807) is 0 Å². The molecule has 5 nitrogen and oxygen atoms in total. The van der Waals surface area contributed by atoms with Crippen molar-refractivity contribution < 1.29 is 4.65 Å². The lowest BCUT2D eigenvalue weighted by atomic mass is 9.57. The highest BCUT2D eigenvalue weighted by atomic mass is 16.4. The highest BCUT2D eigenvalue weighted by molar-refractivity contribution is 6.67. The zero-order valence-corrected chi connectivity index (χ0v) is 16.9. The normalized spacial score (nSPS) is 34.8. The van der Waals surface area contributed by atoms with Crippen molar-refractivity contribution in [3.8, 4) is 0 Å². The summed E-state index contributed by atoms with van der Waals surface area (Å²) in [6.07, 6.45) is 10.6. The number of hydrogen-bond acceptors (Lipinski definition) is 4. The van der Waals surface area contributed by atoms with Gasteiger partial charge in [0.05, 0.1) is 5.71 Å². The van der Waals surface area contributed by atoms with Gasteiger partial charge in [0.25, 0.3) is 0 Å². The number of aromatic amines is 1. The molecule has 6 rings (SSSR count). The summed E-state index contributed by atoms with van der Waals surface area (Å²) in [5.41, 5.74) is 4.81. The van der Waals surface area contributed by atoms with E-state index in [0.29, 0.717) is 11.8 Å². The zero-order chi connectivity index (χ0) is 18.8. The minimum atomic E-state index is -0.0729. The standard InChI is InChI=1S/C22H29BN4O/c1-13-8-15-10-14(2)19(16(9-13)11-15)21-20-17-4-5-24-22(17)25-12-18(20)23-27(26-21)6-3-7-28-23/h4-5,12-16,19H,3,6-11H2,1-2H3,(H,24,25). The Morgan fingerprint density at radius 3 is 3.07 bits per heavy atom. The molecule has 3 fully saturated rings. The maximum Gasteiger partial charge on any atom is 0.471 e. The van der Waals surface area contributed by atoms with E-state index in [0.717, 1.165) is 43.0 Å². The Balaban J connectivity index is 1.52. The molecule has 2 aliphatic heterocycles. The minimum absolute atomic E-state index is 0.0729. The Bertz CT molecular complexity index is 936. The molecular formula is C22H29BN4O. The van der Waals surface area contributed by atoms with Crippen LogP contribution in [-0.4, -0.2) is 40.8 Å². The van der Waals surface area contributed by atoms with Crippen LogP contribution in [0, 0.1) is 29.6 Å². The minimum Gasteiger partial charge on any atom is -0.412 e. The summed E-state index contributed by atoms with van der Waals surface area (Å²) in [5.74, 6) is 3.75. The molecule has 4 aliphatic rings. The molecule has 2 aliphatic carbocycles. The molecule has 2 aromatic heterocycles. The van der Waals surface area contributed by atoms with Gasteiger partial charge in [0.2, 0.25) is 0 Å². The highest BCUT2D eigenvalue weighted by Gasteiger charge is 2.47. The zero-order valence-electron chi connectivity index (χ0n) is 16.9. The van der Waals surface area contributed by atoms with Crippen LogP contribution in [0.25, 0.3) is 11.0 Å². The Kier molecular flexibility index (Phi) is 3.87. The second-order valence-corrected chi connectivity index (χ2v) is 9.73. The maximum atomic E-state index is 6.16. The van der Waals surface area contributed by atoms with Crippen LogP contribution in [0.2, 0.25) is 0 Å². The van der Waals surface area contributed by atoms with Crippen LogP contribution in [0.15, 0.2) is 23.6 Å². The molecule has 6 heteroatoms. The fourth-order valence-electron chi connectivity index (χ4n) is 6.81. The summed E-state index contributed by atoms with van der Waals surface area (Å²) in [7, 11) is -0.0729.